The Kier molecular flexibility index (Phi) is 6.09. The van der Waals surface area contributed by atoms with Crippen LogP contribution < -0.4 is 5.32 Å². The van der Waals surface area contributed by atoms with Crippen molar-refractivity contribution in [1.82, 2.24) is 5.32 Å². The molecule has 0 amide bonds. The van der Waals surface area contributed by atoms with E-state index < -0.39 is 0 Å². The van der Waals surface area contributed by atoms with Crippen LogP contribution >= 0.6 is 0 Å². The van der Waals surface area contributed by atoms with Crippen LogP contribution in [0.3, 0.4) is 0 Å². The fraction of sp³-hybridized carbons (Fsp3) is 0.684. The Balaban J connectivity index is 2.01. The summed E-state index contributed by atoms with van der Waals surface area (Å²) < 4.78 is 0. The summed E-state index contributed by atoms with van der Waals surface area (Å²) in [6, 6.07) is 10.1. The van der Waals surface area contributed by atoms with E-state index in [0.29, 0.717) is 5.92 Å². The molecule has 0 aliphatic heterocycles. The summed E-state index contributed by atoms with van der Waals surface area (Å²) in [5.41, 5.74) is 3.02. The van der Waals surface area contributed by atoms with E-state index in [9.17, 15) is 0 Å². The molecule has 1 saturated carbocycles. The predicted molar refractivity (Wildman–Crippen MR) is 88.4 cm³/mol. The van der Waals surface area contributed by atoms with E-state index in [2.05, 4.69) is 50.4 Å². The van der Waals surface area contributed by atoms with Crippen molar-refractivity contribution in [3.63, 3.8) is 0 Å². The third kappa shape index (κ3) is 4.34. The van der Waals surface area contributed by atoms with Gasteiger partial charge in [-0.05, 0) is 55.2 Å². The van der Waals surface area contributed by atoms with Gasteiger partial charge in [-0.3, -0.25) is 0 Å². The third-order valence-corrected chi connectivity index (χ3v) is 4.68. The molecule has 1 aliphatic carbocycles. The van der Waals surface area contributed by atoms with Crippen molar-refractivity contribution < 1.29 is 0 Å². The van der Waals surface area contributed by atoms with Crippen LogP contribution in [0.1, 0.15) is 82.3 Å². The van der Waals surface area contributed by atoms with E-state index in [1.165, 1.54) is 50.6 Å². The molecule has 1 N–H and O–H groups in total. The maximum Gasteiger partial charge on any atom is 0.00728 e. The van der Waals surface area contributed by atoms with Gasteiger partial charge < -0.3 is 5.32 Å². The molecule has 0 radical (unpaired) electrons. The van der Waals surface area contributed by atoms with Gasteiger partial charge >= 0.3 is 0 Å². The lowest BCUT2D eigenvalue weighted by molar-refractivity contribution is 0.439. The van der Waals surface area contributed by atoms with Gasteiger partial charge in [0.15, 0.2) is 0 Å². The molecule has 2 unspecified atom stereocenters. The van der Waals surface area contributed by atoms with E-state index in [-0.39, 0.29) is 0 Å². The van der Waals surface area contributed by atoms with Gasteiger partial charge in [0.25, 0.3) is 0 Å². The second-order valence-electron chi connectivity index (χ2n) is 6.69. The first-order chi connectivity index (χ1) is 9.70. The zero-order valence-corrected chi connectivity index (χ0v) is 13.5. The standard InChI is InChI=1S/C19H31N/c1-4-13-20-19-8-6-5-7-18(14-19)17-11-9-16(10-12-17)15(2)3/h9-12,15,18-20H,4-8,13-14H2,1-3H3. The summed E-state index contributed by atoms with van der Waals surface area (Å²) in [4.78, 5) is 0. The summed E-state index contributed by atoms with van der Waals surface area (Å²) in [7, 11) is 0. The lowest BCUT2D eigenvalue weighted by atomic mass is 9.89. The van der Waals surface area contributed by atoms with Crippen molar-refractivity contribution in [1.29, 1.82) is 0 Å². The molecule has 0 saturated heterocycles. The number of rotatable bonds is 5. The van der Waals surface area contributed by atoms with Crippen LogP contribution in [0.15, 0.2) is 24.3 Å². The smallest absolute Gasteiger partial charge is 0.00728 e. The molecule has 0 heterocycles. The van der Waals surface area contributed by atoms with E-state index in [1.807, 2.05) is 0 Å². The highest BCUT2D eigenvalue weighted by molar-refractivity contribution is 5.27. The zero-order chi connectivity index (χ0) is 14.4. The topological polar surface area (TPSA) is 12.0 Å². The summed E-state index contributed by atoms with van der Waals surface area (Å²) >= 11 is 0. The summed E-state index contributed by atoms with van der Waals surface area (Å²) in [5, 5.41) is 3.74. The summed E-state index contributed by atoms with van der Waals surface area (Å²) in [5.74, 6) is 1.39. The average Bonchev–Trinajstić information content (AvgIpc) is 2.71. The first-order valence-corrected chi connectivity index (χ1v) is 8.54. The van der Waals surface area contributed by atoms with Gasteiger partial charge in [0, 0.05) is 6.04 Å². The molecule has 0 aromatic heterocycles. The minimum atomic E-state index is 0.636. The molecular formula is C19H31N. The molecule has 112 valence electrons. The van der Waals surface area contributed by atoms with E-state index in [4.69, 9.17) is 0 Å². The van der Waals surface area contributed by atoms with Gasteiger partial charge in [-0.25, -0.2) is 0 Å². The Morgan fingerprint density at radius 2 is 1.80 bits per heavy atom. The van der Waals surface area contributed by atoms with Gasteiger partial charge in [0.1, 0.15) is 0 Å². The van der Waals surface area contributed by atoms with Gasteiger partial charge in [-0.1, -0.05) is 57.9 Å². The zero-order valence-electron chi connectivity index (χ0n) is 13.5. The van der Waals surface area contributed by atoms with Crippen LogP contribution in [-0.4, -0.2) is 12.6 Å². The summed E-state index contributed by atoms with van der Waals surface area (Å²) in [6.07, 6.45) is 8.07. The fourth-order valence-corrected chi connectivity index (χ4v) is 3.35. The van der Waals surface area contributed by atoms with Crippen molar-refractivity contribution in [3.05, 3.63) is 35.4 Å². The molecule has 1 aromatic rings. The molecule has 2 atom stereocenters. The molecule has 1 nitrogen and oxygen atoms in total. The van der Waals surface area contributed by atoms with Crippen molar-refractivity contribution in [2.75, 3.05) is 6.54 Å². The maximum atomic E-state index is 3.74. The molecule has 1 fully saturated rings. The Morgan fingerprint density at radius 3 is 2.45 bits per heavy atom. The van der Waals surface area contributed by atoms with Gasteiger partial charge in [-0.15, -0.1) is 0 Å². The molecule has 1 heteroatoms. The Morgan fingerprint density at radius 1 is 1.10 bits per heavy atom. The van der Waals surface area contributed by atoms with Gasteiger partial charge in [-0.2, -0.15) is 0 Å². The van der Waals surface area contributed by atoms with E-state index >= 15 is 0 Å². The molecular weight excluding hydrogens is 242 g/mol. The molecule has 20 heavy (non-hydrogen) atoms. The predicted octanol–water partition coefficient (Wildman–Crippen LogP) is 5.23. The lowest BCUT2D eigenvalue weighted by Gasteiger charge is -2.22. The van der Waals surface area contributed by atoms with Crippen molar-refractivity contribution >= 4 is 0 Å². The second kappa shape index (κ2) is 7.83. The number of benzene rings is 1. The van der Waals surface area contributed by atoms with Crippen LogP contribution in [0.25, 0.3) is 0 Å². The minimum Gasteiger partial charge on any atom is -0.314 e. The van der Waals surface area contributed by atoms with E-state index in [1.54, 1.807) is 5.56 Å². The second-order valence-corrected chi connectivity index (χ2v) is 6.69. The van der Waals surface area contributed by atoms with Crippen molar-refractivity contribution in [2.45, 2.75) is 77.2 Å². The Hall–Kier alpha value is -0.820. The molecule has 1 aliphatic rings. The number of hydrogen-bond donors (Lipinski definition) is 1. The normalized spacial score (nSPS) is 23.8. The molecule has 1 aromatic carbocycles. The lowest BCUT2D eigenvalue weighted by Crippen LogP contribution is -2.30. The van der Waals surface area contributed by atoms with Crippen LogP contribution in [0, 0.1) is 0 Å². The Labute approximate surface area is 125 Å². The van der Waals surface area contributed by atoms with Crippen molar-refractivity contribution in [3.8, 4) is 0 Å². The van der Waals surface area contributed by atoms with E-state index in [0.717, 1.165) is 12.0 Å². The fourth-order valence-electron chi connectivity index (χ4n) is 3.35. The first-order valence-electron chi connectivity index (χ1n) is 8.54. The SMILES string of the molecule is CCCNC1CCCCC(c2ccc(C(C)C)cc2)C1. The Bertz CT molecular complexity index is 379. The van der Waals surface area contributed by atoms with Crippen LogP contribution in [0.4, 0.5) is 0 Å². The highest BCUT2D eigenvalue weighted by Crippen LogP contribution is 2.32. The van der Waals surface area contributed by atoms with Crippen LogP contribution in [-0.2, 0) is 0 Å². The summed E-state index contributed by atoms with van der Waals surface area (Å²) in [6.45, 7) is 7.96. The third-order valence-electron chi connectivity index (χ3n) is 4.68. The molecule has 0 spiro atoms. The first kappa shape index (κ1) is 15.6. The number of hydrogen-bond acceptors (Lipinski definition) is 1. The van der Waals surface area contributed by atoms with Gasteiger partial charge in [0.05, 0.1) is 0 Å². The minimum absolute atomic E-state index is 0.636. The quantitative estimate of drug-likeness (QED) is 0.725. The van der Waals surface area contributed by atoms with Crippen molar-refractivity contribution in [2.24, 2.45) is 0 Å². The monoisotopic (exact) mass is 273 g/mol. The number of nitrogens with one attached hydrogen (secondary N) is 1. The maximum absolute atomic E-state index is 3.74. The molecule has 2 rings (SSSR count). The highest BCUT2D eigenvalue weighted by Gasteiger charge is 2.21. The largest absolute Gasteiger partial charge is 0.314 e. The van der Waals surface area contributed by atoms with Gasteiger partial charge in [0.2, 0.25) is 0 Å². The highest BCUT2D eigenvalue weighted by atomic mass is 14.9. The van der Waals surface area contributed by atoms with Crippen LogP contribution in [0.2, 0.25) is 0 Å². The average molecular weight is 273 g/mol. The van der Waals surface area contributed by atoms with Crippen LogP contribution in [0.5, 0.6) is 0 Å². The molecule has 0 bridgehead atoms.